The second kappa shape index (κ2) is 6.07. The number of hydrogen-bond acceptors (Lipinski definition) is 3. The number of hydrogen-bond donors (Lipinski definition) is 0. The molecule has 1 atom stereocenters. The first-order valence-electron chi connectivity index (χ1n) is 6.98. The van der Waals surface area contributed by atoms with Gasteiger partial charge < -0.3 is 9.64 Å². The van der Waals surface area contributed by atoms with Crippen molar-refractivity contribution < 1.29 is 14.3 Å². The predicted octanol–water partition coefficient (Wildman–Crippen LogP) is 2.41. The highest BCUT2D eigenvalue weighted by Gasteiger charge is 2.35. The van der Waals surface area contributed by atoms with Crippen molar-refractivity contribution in [2.45, 2.75) is 32.7 Å². The molecular weight excluding hydrogens is 254 g/mol. The first kappa shape index (κ1) is 14.6. The van der Waals surface area contributed by atoms with E-state index in [0.29, 0.717) is 12.1 Å². The van der Waals surface area contributed by atoms with Crippen molar-refractivity contribution in [2.75, 3.05) is 13.7 Å². The van der Waals surface area contributed by atoms with Gasteiger partial charge in [0.2, 0.25) is 0 Å². The highest BCUT2D eigenvalue weighted by molar-refractivity contribution is 5.95. The van der Waals surface area contributed by atoms with Crippen LogP contribution in [-0.4, -0.2) is 36.5 Å². The molecule has 1 aromatic carbocycles. The van der Waals surface area contributed by atoms with Gasteiger partial charge >= 0.3 is 5.97 Å². The molecule has 0 aliphatic heterocycles. The Kier molecular flexibility index (Phi) is 4.42. The molecular formula is C16H21NO3. The molecule has 1 fully saturated rings. The number of esters is 1. The van der Waals surface area contributed by atoms with Gasteiger partial charge in [0.05, 0.1) is 13.0 Å². The van der Waals surface area contributed by atoms with Crippen molar-refractivity contribution in [3.05, 3.63) is 35.4 Å². The van der Waals surface area contributed by atoms with Gasteiger partial charge in [-0.2, -0.15) is 0 Å². The highest BCUT2D eigenvalue weighted by Crippen LogP contribution is 2.29. The van der Waals surface area contributed by atoms with E-state index in [2.05, 4.69) is 0 Å². The van der Waals surface area contributed by atoms with E-state index < -0.39 is 0 Å². The Hall–Kier alpha value is -1.84. The van der Waals surface area contributed by atoms with E-state index in [0.717, 1.165) is 18.4 Å². The number of benzene rings is 1. The smallest absolute Gasteiger partial charge is 0.310 e. The van der Waals surface area contributed by atoms with Gasteiger partial charge in [0, 0.05) is 18.2 Å². The molecule has 0 aromatic heterocycles. The Labute approximate surface area is 119 Å². The van der Waals surface area contributed by atoms with E-state index in [1.54, 1.807) is 6.92 Å². The van der Waals surface area contributed by atoms with Gasteiger partial charge in [-0.1, -0.05) is 24.6 Å². The van der Waals surface area contributed by atoms with Gasteiger partial charge in [0.1, 0.15) is 0 Å². The first-order chi connectivity index (χ1) is 9.52. The lowest BCUT2D eigenvalue weighted by Gasteiger charge is -2.25. The standard InChI is InChI=1S/C16H21NO3/c1-11-5-4-6-13(9-11)15(18)17(14-7-8-14)10-12(2)16(19)20-3/h4-6,9,12,14H,7-8,10H2,1-3H3. The Morgan fingerprint density at radius 1 is 1.40 bits per heavy atom. The molecule has 0 saturated heterocycles. The van der Waals surface area contributed by atoms with Gasteiger partial charge in [0.15, 0.2) is 0 Å². The summed E-state index contributed by atoms with van der Waals surface area (Å²) >= 11 is 0. The van der Waals surface area contributed by atoms with Crippen LogP contribution in [0.5, 0.6) is 0 Å². The van der Waals surface area contributed by atoms with Crippen molar-refractivity contribution in [3.63, 3.8) is 0 Å². The van der Waals surface area contributed by atoms with E-state index in [-0.39, 0.29) is 23.8 Å². The van der Waals surface area contributed by atoms with Crippen LogP contribution >= 0.6 is 0 Å². The topological polar surface area (TPSA) is 46.6 Å². The lowest BCUT2D eigenvalue weighted by atomic mass is 10.1. The van der Waals surface area contributed by atoms with Gasteiger partial charge in [-0.3, -0.25) is 9.59 Å². The zero-order chi connectivity index (χ0) is 14.7. The number of amides is 1. The number of ether oxygens (including phenoxy) is 1. The molecule has 0 heterocycles. The summed E-state index contributed by atoms with van der Waals surface area (Å²) in [7, 11) is 1.38. The predicted molar refractivity (Wildman–Crippen MR) is 76.4 cm³/mol. The number of methoxy groups -OCH3 is 1. The van der Waals surface area contributed by atoms with Crippen molar-refractivity contribution in [3.8, 4) is 0 Å². The van der Waals surface area contributed by atoms with Gasteiger partial charge in [-0.15, -0.1) is 0 Å². The lowest BCUT2D eigenvalue weighted by molar-refractivity contribution is -0.145. The summed E-state index contributed by atoms with van der Waals surface area (Å²) in [5.74, 6) is -0.561. The SMILES string of the molecule is COC(=O)C(C)CN(C(=O)c1cccc(C)c1)C1CC1. The maximum absolute atomic E-state index is 12.6. The van der Waals surface area contributed by atoms with Crippen LogP contribution in [0.1, 0.15) is 35.7 Å². The number of nitrogens with zero attached hydrogens (tertiary/aromatic N) is 1. The third-order valence-corrected chi connectivity index (χ3v) is 3.59. The summed E-state index contributed by atoms with van der Waals surface area (Å²) in [5, 5.41) is 0. The van der Waals surface area contributed by atoms with Crippen molar-refractivity contribution in [1.29, 1.82) is 0 Å². The maximum atomic E-state index is 12.6. The number of carbonyl (C=O) groups excluding carboxylic acids is 2. The maximum Gasteiger partial charge on any atom is 0.310 e. The van der Waals surface area contributed by atoms with Crippen molar-refractivity contribution in [2.24, 2.45) is 5.92 Å². The van der Waals surface area contributed by atoms with E-state index in [4.69, 9.17) is 4.74 Å². The van der Waals surface area contributed by atoms with Gasteiger partial charge in [-0.05, 0) is 31.9 Å². The van der Waals surface area contributed by atoms with Crippen molar-refractivity contribution >= 4 is 11.9 Å². The Balaban J connectivity index is 2.12. The van der Waals surface area contributed by atoms with Crippen LogP contribution in [0.25, 0.3) is 0 Å². The molecule has 108 valence electrons. The summed E-state index contributed by atoms with van der Waals surface area (Å²) in [4.78, 5) is 26.0. The molecule has 1 aliphatic carbocycles. The van der Waals surface area contributed by atoms with Crippen LogP contribution in [0, 0.1) is 12.8 Å². The number of rotatable bonds is 5. The van der Waals surface area contributed by atoms with Crippen LogP contribution in [0.4, 0.5) is 0 Å². The molecule has 1 aromatic rings. The second-order valence-corrected chi connectivity index (χ2v) is 5.48. The molecule has 2 rings (SSSR count). The van der Waals surface area contributed by atoms with Crippen LogP contribution in [0.2, 0.25) is 0 Å². The van der Waals surface area contributed by atoms with E-state index >= 15 is 0 Å². The molecule has 1 aliphatic rings. The molecule has 0 radical (unpaired) electrons. The number of aryl methyl sites for hydroxylation is 1. The Morgan fingerprint density at radius 2 is 2.10 bits per heavy atom. The molecule has 20 heavy (non-hydrogen) atoms. The average molecular weight is 275 g/mol. The van der Waals surface area contributed by atoms with E-state index in [9.17, 15) is 9.59 Å². The summed E-state index contributed by atoms with van der Waals surface area (Å²) in [6.45, 7) is 4.18. The molecule has 1 unspecified atom stereocenters. The average Bonchev–Trinajstić information content (AvgIpc) is 3.27. The monoisotopic (exact) mass is 275 g/mol. The van der Waals surface area contributed by atoms with Gasteiger partial charge in [0.25, 0.3) is 5.91 Å². The van der Waals surface area contributed by atoms with E-state index in [1.807, 2.05) is 36.1 Å². The highest BCUT2D eigenvalue weighted by atomic mass is 16.5. The zero-order valence-corrected chi connectivity index (χ0v) is 12.3. The fourth-order valence-electron chi connectivity index (χ4n) is 2.30. The molecule has 4 heteroatoms. The minimum atomic E-state index is -0.297. The van der Waals surface area contributed by atoms with Crippen LogP contribution in [0.3, 0.4) is 0 Å². The summed E-state index contributed by atoms with van der Waals surface area (Å²) in [5.41, 5.74) is 1.75. The molecule has 0 N–H and O–H groups in total. The van der Waals surface area contributed by atoms with Crippen molar-refractivity contribution in [1.82, 2.24) is 4.90 Å². The van der Waals surface area contributed by atoms with E-state index in [1.165, 1.54) is 7.11 Å². The number of carbonyl (C=O) groups is 2. The third-order valence-electron chi connectivity index (χ3n) is 3.59. The Bertz CT molecular complexity index is 508. The second-order valence-electron chi connectivity index (χ2n) is 5.48. The molecule has 1 saturated carbocycles. The molecule has 4 nitrogen and oxygen atoms in total. The lowest BCUT2D eigenvalue weighted by Crippen LogP contribution is -2.38. The minimum Gasteiger partial charge on any atom is -0.469 e. The summed E-state index contributed by atoms with van der Waals surface area (Å²) in [6.07, 6.45) is 2.04. The quantitative estimate of drug-likeness (QED) is 0.775. The summed E-state index contributed by atoms with van der Waals surface area (Å²) < 4.78 is 4.74. The minimum absolute atomic E-state index is 0.00644. The van der Waals surface area contributed by atoms with Crippen LogP contribution in [-0.2, 0) is 9.53 Å². The Morgan fingerprint density at radius 3 is 2.65 bits per heavy atom. The normalized spacial score (nSPS) is 15.6. The van der Waals surface area contributed by atoms with Gasteiger partial charge in [-0.25, -0.2) is 0 Å². The molecule has 1 amide bonds. The fourth-order valence-corrected chi connectivity index (χ4v) is 2.30. The van der Waals surface area contributed by atoms with Crippen LogP contribution in [0.15, 0.2) is 24.3 Å². The molecule has 0 bridgehead atoms. The largest absolute Gasteiger partial charge is 0.469 e. The third kappa shape index (κ3) is 3.38. The first-order valence-corrected chi connectivity index (χ1v) is 6.98. The van der Waals surface area contributed by atoms with Crippen LogP contribution < -0.4 is 0 Å². The fraction of sp³-hybridized carbons (Fsp3) is 0.500. The zero-order valence-electron chi connectivity index (χ0n) is 12.3. The molecule has 0 spiro atoms. The summed E-state index contributed by atoms with van der Waals surface area (Å²) in [6, 6.07) is 7.84.